The zero-order valence-corrected chi connectivity index (χ0v) is 13.5. The number of anilines is 1. The molecule has 1 atom stereocenters. The van der Waals surface area contributed by atoms with Gasteiger partial charge in [0.1, 0.15) is 5.01 Å². The maximum Gasteiger partial charge on any atom is 0.109 e. The molecule has 0 saturated carbocycles. The molecule has 2 aromatic rings. The van der Waals surface area contributed by atoms with Gasteiger partial charge in [0.15, 0.2) is 0 Å². The van der Waals surface area contributed by atoms with Gasteiger partial charge in [0.25, 0.3) is 0 Å². The average Bonchev–Trinajstić information content (AvgIpc) is 2.86. The van der Waals surface area contributed by atoms with Crippen LogP contribution in [0, 0.1) is 0 Å². The summed E-state index contributed by atoms with van der Waals surface area (Å²) in [6.45, 7) is 5.03. The number of hydrogen-bond acceptors (Lipinski definition) is 4. The Morgan fingerprint density at radius 2 is 2.26 bits per heavy atom. The minimum atomic E-state index is 0.244. The molecule has 3 nitrogen and oxygen atoms in total. The zero-order valence-electron chi connectivity index (χ0n) is 11.1. The first-order chi connectivity index (χ1) is 9.10. The largest absolute Gasteiger partial charge is 0.398 e. The first-order valence-corrected chi connectivity index (χ1v) is 7.93. The Balaban J connectivity index is 1.98. The number of nitrogen functional groups attached to an aromatic ring is 1. The number of hydrogen-bond donors (Lipinski definition) is 2. The van der Waals surface area contributed by atoms with E-state index in [1.165, 1.54) is 4.88 Å². The van der Waals surface area contributed by atoms with Crippen LogP contribution in [0.1, 0.15) is 35.3 Å². The van der Waals surface area contributed by atoms with E-state index in [4.69, 9.17) is 5.73 Å². The number of nitrogens with zero attached hydrogens (tertiary/aromatic N) is 1. The highest BCUT2D eigenvalue weighted by Gasteiger charge is 2.10. The zero-order chi connectivity index (χ0) is 13.8. The van der Waals surface area contributed by atoms with Gasteiger partial charge in [-0.2, -0.15) is 0 Å². The number of aryl methyl sites for hydroxylation is 1. The normalized spacial score (nSPS) is 12.6. The third-order valence-electron chi connectivity index (χ3n) is 3.00. The summed E-state index contributed by atoms with van der Waals surface area (Å²) in [4.78, 5) is 5.78. The van der Waals surface area contributed by atoms with E-state index >= 15 is 0 Å². The molecule has 2 rings (SSSR count). The Labute approximate surface area is 126 Å². The van der Waals surface area contributed by atoms with E-state index in [0.717, 1.165) is 33.7 Å². The van der Waals surface area contributed by atoms with Crippen molar-refractivity contribution < 1.29 is 0 Å². The molecule has 0 spiro atoms. The maximum atomic E-state index is 5.99. The van der Waals surface area contributed by atoms with Gasteiger partial charge in [0.05, 0.1) is 6.04 Å². The second kappa shape index (κ2) is 6.50. The van der Waals surface area contributed by atoms with Crippen molar-refractivity contribution in [2.75, 3.05) is 5.73 Å². The van der Waals surface area contributed by atoms with Crippen LogP contribution in [0.5, 0.6) is 0 Å². The van der Waals surface area contributed by atoms with Crippen LogP contribution in [-0.2, 0) is 13.0 Å². The van der Waals surface area contributed by atoms with Crippen LogP contribution >= 0.6 is 27.3 Å². The predicted octanol–water partition coefficient (Wildman–Crippen LogP) is 3.90. The number of rotatable bonds is 5. The van der Waals surface area contributed by atoms with Crippen molar-refractivity contribution in [2.45, 2.75) is 32.9 Å². The van der Waals surface area contributed by atoms with Crippen LogP contribution in [-0.4, -0.2) is 4.98 Å². The standard InChI is InChI=1S/C14H18BrN3S/c1-3-12-8-18-14(19-12)9(2)17-7-10-4-5-11(15)6-13(10)16/h4-6,8-9,17H,3,7,16H2,1-2H3. The van der Waals surface area contributed by atoms with Crippen LogP contribution in [0.3, 0.4) is 0 Å². The van der Waals surface area contributed by atoms with E-state index in [1.807, 2.05) is 24.4 Å². The van der Waals surface area contributed by atoms with E-state index in [2.05, 4.69) is 40.1 Å². The average molecular weight is 340 g/mol. The molecule has 3 N–H and O–H groups in total. The molecule has 1 aromatic heterocycles. The molecule has 0 saturated heterocycles. The lowest BCUT2D eigenvalue weighted by atomic mass is 10.2. The van der Waals surface area contributed by atoms with Crippen LogP contribution in [0.4, 0.5) is 5.69 Å². The minimum absolute atomic E-state index is 0.244. The highest BCUT2D eigenvalue weighted by atomic mass is 79.9. The monoisotopic (exact) mass is 339 g/mol. The van der Waals surface area contributed by atoms with Gasteiger partial charge in [-0.05, 0) is 31.0 Å². The fraction of sp³-hybridized carbons (Fsp3) is 0.357. The molecule has 0 aliphatic heterocycles. The molecule has 19 heavy (non-hydrogen) atoms. The van der Waals surface area contributed by atoms with Crippen LogP contribution in [0.15, 0.2) is 28.9 Å². The summed E-state index contributed by atoms with van der Waals surface area (Å²) in [7, 11) is 0. The molecule has 1 unspecified atom stereocenters. The van der Waals surface area contributed by atoms with Gasteiger partial charge in [0, 0.05) is 27.8 Å². The second-order valence-electron chi connectivity index (χ2n) is 4.46. The van der Waals surface area contributed by atoms with Gasteiger partial charge in [-0.1, -0.05) is 28.9 Å². The SMILES string of the molecule is CCc1cnc(C(C)NCc2ccc(Br)cc2N)s1. The molecular formula is C14H18BrN3S. The Hall–Kier alpha value is -0.910. The van der Waals surface area contributed by atoms with E-state index in [-0.39, 0.29) is 6.04 Å². The summed E-state index contributed by atoms with van der Waals surface area (Å²) in [5, 5.41) is 4.60. The second-order valence-corrected chi connectivity index (χ2v) is 6.53. The molecule has 1 aromatic carbocycles. The lowest BCUT2D eigenvalue weighted by Crippen LogP contribution is -2.18. The van der Waals surface area contributed by atoms with Crippen LogP contribution in [0.2, 0.25) is 0 Å². The number of halogens is 1. The third kappa shape index (κ3) is 3.78. The molecule has 0 radical (unpaired) electrons. The number of thiazole rings is 1. The summed E-state index contributed by atoms with van der Waals surface area (Å²) in [5.41, 5.74) is 7.91. The summed E-state index contributed by atoms with van der Waals surface area (Å²) < 4.78 is 1.01. The highest BCUT2D eigenvalue weighted by Crippen LogP contribution is 2.22. The molecule has 1 heterocycles. The summed E-state index contributed by atoms with van der Waals surface area (Å²) >= 11 is 5.19. The van der Waals surface area contributed by atoms with Gasteiger partial charge in [-0.25, -0.2) is 4.98 Å². The fourth-order valence-corrected chi connectivity index (χ4v) is 3.03. The van der Waals surface area contributed by atoms with Crippen LogP contribution < -0.4 is 11.1 Å². The van der Waals surface area contributed by atoms with Crippen molar-refractivity contribution in [3.63, 3.8) is 0 Å². The van der Waals surface area contributed by atoms with Gasteiger partial charge in [-0.15, -0.1) is 11.3 Å². The number of benzene rings is 1. The van der Waals surface area contributed by atoms with Gasteiger partial charge in [-0.3, -0.25) is 0 Å². The number of nitrogens with two attached hydrogens (primary N) is 1. The van der Waals surface area contributed by atoms with E-state index in [9.17, 15) is 0 Å². The molecule has 0 aliphatic rings. The van der Waals surface area contributed by atoms with Crippen molar-refractivity contribution in [1.29, 1.82) is 0 Å². The quantitative estimate of drug-likeness (QED) is 0.812. The summed E-state index contributed by atoms with van der Waals surface area (Å²) in [6, 6.07) is 6.23. The van der Waals surface area contributed by atoms with Crippen molar-refractivity contribution in [1.82, 2.24) is 10.3 Å². The molecule has 0 bridgehead atoms. The maximum absolute atomic E-state index is 5.99. The summed E-state index contributed by atoms with van der Waals surface area (Å²) in [6.07, 6.45) is 3.01. The minimum Gasteiger partial charge on any atom is -0.398 e. The third-order valence-corrected chi connectivity index (χ3v) is 4.81. The Morgan fingerprint density at radius 3 is 2.89 bits per heavy atom. The topological polar surface area (TPSA) is 50.9 Å². The van der Waals surface area contributed by atoms with E-state index in [1.54, 1.807) is 11.3 Å². The Bertz CT molecular complexity index is 553. The highest BCUT2D eigenvalue weighted by molar-refractivity contribution is 9.10. The van der Waals surface area contributed by atoms with Crippen molar-refractivity contribution >= 4 is 33.0 Å². The lowest BCUT2D eigenvalue weighted by Gasteiger charge is -2.12. The summed E-state index contributed by atoms with van der Waals surface area (Å²) in [5.74, 6) is 0. The molecule has 0 aliphatic carbocycles. The predicted molar refractivity (Wildman–Crippen MR) is 85.3 cm³/mol. The van der Waals surface area contributed by atoms with Crippen molar-refractivity contribution in [2.24, 2.45) is 0 Å². The molecule has 5 heteroatoms. The van der Waals surface area contributed by atoms with Gasteiger partial charge in [0.2, 0.25) is 0 Å². The lowest BCUT2D eigenvalue weighted by molar-refractivity contribution is 0.572. The van der Waals surface area contributed by atoms with Crippen molar-refractivity contribution in [3.05, 3.63) is 44.3 Å². The van der Waals surface area contributed by atoms with Crippen molar-refractivity contribution in [3.8, 4) is 0 Å². The molecule has 102 valence electrons. The first-order valence-electron chi connectivity index (χ1n) is 6.32. The Kier molecular flexibility index (Phi) is 4.96. The number of nitrogens with one attached hydrogen (secondary N) is 1. The first kappa shape index (κ1) is 14.5. The Morgan fingerprint density at radius 1 is 1.47 bits per heavy atom. The molecular weight excluding hydrogens is 322 g/mol. The fourth-order valence-electron chi connectivity index (χ4n) is 1.76. The molecule has 0 amide bonds. The van der Waals surface area contributed by atoms with E-state index in [0.29, 0.717) is 0 Å². The smallest absolute Gasteiger partial charge is 0.109 e. The number of aromatic nitrogens is 1. The van der Waals surface area contributed by atoms with Gasteiger partial charge >= 0.3 is 0 Å². The molecule has 0 fully saturated rings. The van der Waals surface area contributed by atoms with Gasteiger partial charge < -0.3 is 11.1 Å². The van der Waals surface area contributed by atoms with E-state index < -0.39 is 0 Å². The van der Waals surface area contributed by atoms with Crippen LogP contribution in [0.25, 0.3) is 0 Å².